The van der Waals surface area contributed by atoms with Crippen molar-refractivity contribution in [2.45, 2.75) is 62.9 Å². The second-order valence-corrected chi connectivity index (χ2v) is 10.4. The maximum atomic E-state index is 12.4. The van der Waals surface area contributed by atoms with Gasteiger partial charge in [0.15, 0.2) is 0 Å². The SMILES string of the molecule is CC#C[C@@]1(O)CC[C@]2(Cc3ccccc3)c3ccc(OC(=O)NCCc4cccnc4)cc3CC[C@H]2C1. The molecule has 2 N–H and O–H groups in total. The molecule has 5 nitrogen and oxygen atoms in total. The van der Waals surface area contributed by atoms with Gasteiger partial charge in [0.2, 0.25) is 0 Å². The number of nitrogens with zero attached hydrogens (tertiary/aromatic N) is 1. The third-order valence-corrected chi connectivity index (χ3v) is 8.06. The first-order valence-corrected chi connectivity index (χ1v) is 13.2. The van der Waals surface area contributed by atoms with Crippen LogP contribution in [0.25, 0.3) is 0 Å². The van der Waals surface area contributed by atoms with E-state index in [1.165, 1.54) is 16.7 Å². The number of pyridine rings is 1. The molecule has 1 aromatic heterocycles. The monoisotopic (exact) mass is 494 g/mol. The maximum absolute atomic E-state index is 12.4. The van der Waals surface area contributed by atoms with Gasteiger partial charge in [0.25, 0.3) is 0 Å². The molecule has 0 spiro atoms. The zero-order chi connectivity index (χ0) is 25.7. The number of amides is 1. The van der Waals surface area contributed by atoms with Crippen LogP contribution in [0.15, 0.2) is 73.1 Å². The van der Waals surface area contributed by atoms with E-state index in [2.05, 4.69) is 58.5 Å². The lowest BCUT2D eigenvalue weighted by molar-refractivity contribution is -0.00804. The zero-order valence-corrected chi connectivity index (χ0v) is 21.4. The van der Waals surface area contributed by atoms with Gasteiger partial charge in [-0.15, -0.1) is 5.92 Å². The third kappa shape index (κ3) is 5.55. The van der Waals surface area contributed by atoms with Crippen LogP contribution < -0.4 is 10.1 Å². The van der Waals surface area contributed by atoms with Crippen molar-refractivity contribution >= 4 is 6.09 Å². The normalized spacial score (nSPS) is 24.1. The fourth-order valence-corrected chi connectivity index (χ4v) is 6.36. The van der Waals surface area contributed by atoms with Crippen LogP contribution in [-0.2, 0) is 24.7 Å². The minimum absolute atomic E-state index is 0.0684. The molecule has 3 atom stereocenters. The average molecular weight is 495 g/mol. The lowest BCUT2D eigenvalue weighted by atomic mass is 9.52. The first kappa shape index (κ1) is 25.0. The number of aryl methyl sites for hydroxylation is 1. The lowest BCUT2D eigenvalue weighted by Crippen LogP contribution is -2.50. The summed E-state index contributed by atoms with van der Waals surface area (Å²) in [5.41, 5.74) is 3.96. The van der Waals surface area contributed by atoms with Crippen molar-refractivity contribution in [3.8, 4) is 17.6 Å². The molecule has 1 amide bonds. The van der Waals surface area contributed by atoms with Crippen LogP contribution in [0.4, 0.5) is 4.79 Å². The molecule has 5 rings (SSSR count). The van der Waals surface area contributed by atoms with E-state index in [9.17, 15) is 9.90 Å². The maximum Gasteiger partial charge on any atom is 0.412 e. The first-order chi connectivity index (χ1) is 18.0. The van der Waals surface area contributed by atoms with E-state index in [1.807, 2.05) is 24.3 Å². The summed E-state index contributed by atoms with van der Waals surface area (Å²) >= 11 is 0. The van der Waals surface area contributed by atoms with Gasteiger partial charge in [0, 0.05) is 24.4 Å². The van der Waals surface area contributed by atoms with E-state index in [4.69, 9.17) is 4.74 Å². The Morgan fingerprint density at radius 3 is 2.76 bits per heavy atom. The molecule has 1 saturated carbocycles. The number of carbonyl (C=O) groups excluding carboxylic acids is 1. The van der Waals surface area contributed by atoms with Gasteiger partial charge in [-0.3, -0.25) is 4.98 Å². The van der Waals surface area contributed by atoms with Crippen LogP contribution in [-0.4, -0.2) is 28.3 Å². The predicted molar refractivity (Wildman–Crippen MR) is 144 cm³/mol. The lowest BCUT2D eigenvalue weighted by Gasteiger charge is -2.52. The second-order valence-electron chi connectivity index (χ2n) is 10.4. The molecule has 0 radical (unpaired) electrons. The fraction of sp³-hybridized carbons (Fsp3) is 0.375. The summed E-state index contributed by atoms with van der Waals surface area (Å²) in [5.74, 6) is 6.94. The van der Waals surface area contributed by atoms with Crippen molar-refractivity contribution in [3.05, 3.63) is 95.3 Å². The first-order valence-electron chi connectivity index (χ1n) is 13.2. The molecule has 190 valence electrons. The number of hydrogen-bond donors (Lipinski definition) is 2. The van der Waals surface area contributed by atoms with E-state index in [-0.39, 0.29) is 5.41 Å². The summed E-state index contributed by atoms with van der Waals surface area (Å²) in [6.45, 7) is 2.29. The van der Waals surface area contributed by atoms with Crippen LogP contribution in [0, 0.1) is 17.8 Å². The molecule has 5 heteroatoms. The van der Waals surface area contributed by atoms with E-state index in [0.29, 0.717) is 37.5 Å². The van der Waals surface area contributed by atoms with Gasteiger partial charge in [0.05, 0.1) is 0 Å². The largest absolute Gasteiger partial charge is 0.412 e. The molecule has 0 unspecified atom stereocenters. The van der Waals surface area contributed by atoms with Gasteiger partial charge in [-0.25, -0.2) is 4.79 Å². The Balaban J connectivity index is 1.34. The zero-order valence-electron chi connectivity index (χ0n) is 21.4. The van der Waals surface area contributed by atoms with Crippen molar-refractivity contribution in [3.63, 3.8) is 0 Å². The summed E-state index contributed by atoms with van der Waals surface area (Å²) in [4.78, 5) is 16.6. The van der Waals surface area contributed by atoms with Crippen molar-refractivity contribution in [1.82, 2.24) is 10.3 Å². The van der Waals surface area contributed by atoms with Gasteiger partial charge >= 0.3 is 6.09 Å². The average Bonchev–Trinajstić information content (AvgIpc) is 2.90. The van der Waals surface area contributed by atoms with Crippen LogP contribution in [0.1, 0.15) is 54.9 Å². The standard InChI is InChI=1S/C32H34N2O3/c1-2-15-31(36)16-17-32(21-24-7-4-3-5-8-24)27(22-31)11-10-26-20-28(12-13-29(26)32)37-30(35)34-19-14-25-9-6-18-33-23-25/h3-9,12-13,18,20,23,27,36H,10-11,14,16-17,19,21-22H2,1H3,(H,34,35)/t27-,31+,32+/m0/s1. The summed E-state index contributed by atoms with van der Waals surface area (Å²) in [6.07, 6.45) is 8.82. The van der Waals surface area contributed by atoms with E-state index in [0.717, 1.165) is 31.2 Å². The van der Waals surface area contributed by atoms with Crippen molar-refractivity contribution in [2.24, 2.45) is 5.92 Å². The van der Waals surface area contributed by atoms with Crippen molar-refractivity contribution < 1.29 is 14.6 Å². The molecule has 1 heterocycles. The third-order valence-electron chi connectivity index (χ3n) is 8.06. The predicted octanol–water partition coefficient (Wildman–Crippen LogP) is 5.39. The number of aromatic nitrogens is 1. The van der Waals surface area contributed by atoms with Gasteiger partial charge in [0.1, 0.15) is 11.4 Å². The molecule has 0 saturated heterocycles. The van der Waals surface area contributed by atoms with E-state index < -0.39 is 11.7 Å². The number of benzene rings is 2. The van der Waals surface area contributed by atoms with Gasteiger partial charge in [-0.2, -0.15) is 0 Å². The van der Waals surface area contributed by atoms with Crippen LogP contribution >= 0.6 is 0 Å². The number of ether oxygens (including phenoxy) is 1. The smallest absolute Gasteiger partial charge is 0.410 e. The van der Waals surface area contributed by atoms with Crippen molar-refractivity contribution in [1.29, 1.82) is 0 Å². The second kappa shape index (κ2) is 10.8. The Morgan fingerprint density at radius 1 is 1.14 bits per heavy atom. The Labute approximate surface area is 219 Å². The number of fused-ring (bicyclic) bond motifs is 3. The van der Waals surface area contributed by atoms with Crippen LogP contribution in [0.5, 0.6) is 5.75 Å². The number of carbonyl (C=O) groups is 1. The molecular formula is C32H34N2O3. The Morgan fingerprint density at radius 2 is 1.97 bits per heavy atom. The number of nitrogens with one attached hydrogen (secondary N) is 1. The summed E-state index contributed by atoms with van der Waals surface area (Å²) in [6, 6.07) is 20.6. The molecule has 37 heavy (non-hydrogen) atoms. The molecule has 3 aromatic rings. The topological polar surface area (TPSA) is 71.5 Å². The number of hydrogen-bond acceptors (Lipinski definition) is 4. The Bertz CT molecular complexity index is 1300. The molecule has 0 bridgehead atoms. The minimum Gasteiger partial charge on any atom is -0.410 e. The van der Waals surface area contributed by atoms with Crippen LogP contribution in [0.3, 0.4) is 0 Å². The minimum atomic E-state index is -0.909. The van der Waals surface area contributed by atoms with Gasteiger partial charge in [-0.05, 0) is 98.2 Å². The highest BCUT2D eigenvalue weighted by Gasteiger charge is 2.51. The fourth-order valence-electron chi connectivity index (χ4n) is 6.36. The Hall–Kier alpha value is -3.62. The summed E-state index contributed by atoms with van der Waals surface area (Å²) < 4.78 is 5.65. The summed E-state index contributed by atoms with van der Waals surface area (Å²) in [7, 11) is 0. The molecule has 2 aliphatic rings. The van der Waals surface area contributed by atoms with Crippen molar-refractivity contribution in [2.75, 3.05) is 6.54 Å². The number of rotatable bonds is 6. The highest BCUT2D eigenvalue weighted by atomic mass is 16.6. The molecular weight excluding hydrogens is 460 g/mol. The van der Waals surface area contributed by atoms with E-state index >= 15 is 0 Å². The van der Waals surface area contributed by atoms with E-state index in [1.54, 1.807) is 19.3 Å². The highest BCUT2D eigenvalue weighted by Crippen LogP contribution is 2.54. The Kier molecular flexibility index (Phi) is 7.30. The molecule has 1 fully saturated rings. The highest BCUT2D eigenvalue weighted by molar-refractivity contribution is 5.70. The van der Waals surface area contributed by atoms with Gasteiger partial charge in [-0.1, -0.05) is 48.4 Å². The molecule has 0 aliphatic heterocycles. The molecule has 2 aromatic carbocycles. The quantitative estimate of drug-likeness (QED) is 0.451. The number of aliphatic hydroxyl groups is 1. The van der Waals surface area contributed by atoms with Crippen LogP contribution in [0.2, 0.25) is 0 Å². The van der Waals surface area contributed by atoms with Gasteiger partial charge < -0.3 is 15.2 Å². The summed E-state index contributed by atoms with van der Waals surface area (Å²) in [5, 5.41) is 14.0. The molecule has 2 aliphatic carbocycles.